The summed E-state index contributed by atoms with van der Waals surface area (Å²) >= 11 is 1.72. The van der Waals surface area contributed by atoms with E-state index in [1.165, 1.54) is 10.4 Å². The van der Waals surface area contributed by atoms with Crippen LogP contribution in [0.5, 0.6) is 0 Å². The summed E-state index contributed by atoms with van der Waals surface area (Å²) in [7, 11) is 3.48. The molecule has 6 nitrogen and oxygen atoms in total. The zero-order chi connectivity index (χ0) is 18.1. The molecule has 0 saturated heterocycles. The minimum atomic E-state index is 0. The zero-order valence-electron chi connectivity index (χ0n) is 15.8. The van der Waals surface area contributed by atoms with Gasteiger partial charge in [-0.3, -0.25) is 4.99 Å². The summed E-state index contributed by atoms with van der Waals surface area (Å²) in [6, 6.07) is 8.35. The number of rotatable bonds is 8. The summed E-state index contributed by atoms with van der Waals surface area (Å²) in [5.74, 6) is 0.771. The Labute approximate surface area is 176 Å². The van der Waals surface area contributed by atoms with Crippen molar-refractivity contribution < 1.29 is 4.74 Å². The highest BCUT2D eigenvalue weighted by atomic mass is 127. The molecule has 1 heterocycles. The third-order valence-electron chi connectivity index (χ3n) is 3.75. The van der Waals surface area contributed by atoms with E-state index in [2.05, 4.69) is 57.1 Å². The summed E-state index contributed by atoms with van der Waals surface area (Å²) in [6.07, 6.45) is 0. The van der Waals surface area contributed by atoms with Crippen LogP contribution in [-0.2, 0) is 17.8 Å². The van der Waals surface area contributed by atoms with E-state index in [1.54, 1.807) is 25.5 Å². The van der Waals surface area contributed by atoms with E-state index >= 15 is 0 Å². The number of hydrogen-bond acceptors (Lipinski definition) is 5. The summed E-state index contributed by atoms with van der Waals surface area (Å²) in [5, 5.41) is 11.0. The van der Waals surface area contributed by atoms with Crippen LogP contribution in [0.2, 0.25) is 0 Å². The van der Waals surface area contributed by atoms with Gasteiger partial charge >= 0.3 is 0 Å². The summed E-state index contributed by atoms with van der Waals surface area (Å²) in [5.41, 5.74) is 3.39. The topological polar surface area (TPSA) is 70.6 Å². The first-order chi connectivity index (χ1) is 12.1. The number of aromatic nitrogens is 1. The summed E-state index contributed by atoms with van der Waals surface area (Å²) < 4.78 is 5.03. The van der Waals surface area contributed by atoms with Gasteiger partial charge in [0, 0.05) is 37.8 Å². The second-order valence-electron chi connectivity index (χ2n) is 5.65. The Kier molecular flexibility index (Phi) is 10.5. The Bertz CT molecular complexity index is 668. The molecule has 0 amide bonds. The molecule has 1 aromatic carbocycles. The van der Waals surface area contributed by atoms with E-state index < -0.39 is 0 Å². The average Bonchev–Trinajstić information content (AvgIpc) is 2.94. The van der Waals surface area contributed by atoms with Gasteiger partial charge in [0.25, 0.3) is 0 Å². The average molecular weight is 489 g/mol. The number of hydrogen-bond donors (Lipinski definition) is 3. The molecule has 0 aliphatic carbocycles. The van der Waals surface area contributed by atoms with Crippen LogP contribution < -0.4 is 16.0 Å². The molecule has 0 aliphatic rings. The van der Waals surface area contributed by atoms with Crippen molar-refractivity contribution in [3.8, 4) is 0 Å². The van der Waals surface area contributed by atoms with Crippen molar-refractivity contribution in [1.29, 1.82) is 0 Å². The van der Waals surface area contributed by atoms with Crippen molar-refractivity contribution in [1.82, 2.24) is 15.6 Å². The first-order valence-electron chi connectivity index (χ1n) is 8.31. The van der Waals surface area contributed by atoms with Gasteiger partial charge in [0.05, 0.1) is 18.8 Å². The molecule has 0 saturated carbocycles. The van der Waals surface area contributed by atoms with Gasteiger partial charge in [-0.1, -0.05) is 12.1 Å². The molecule has 0 aliphatic heterocycles. The fraction of sp³-hybridized carbons (Fsp3) is 0.444. The minimum Gasteiger partial charge on any atom is -0.383 e. The van der Waals surface area contributed by atoms with Crippen molar-refractivity contribution in [2.45, 2.75) is 26.9 Å². The molecular formula is C18H28IN5OS. The molecule has 8 heteroatoms. The lowest BCUT2D eigenvalue weighted by Crippen LogP contribution is -2.36. The highest BCUT2D eigenvalue weighted by Gasteiger charge is 2.05. The van der Waals surface area contributed by atoms with Crippen LogP contribution in [0.25, 0.3) is 0 Å². The number of halogens is 1. The third kappa shape index (κ3) is 7.46. The van der Waals surface area contributed by atoms with E-state index in [4.69, 9.17) is 4.74 Å². The number of benzene rings is 1. The van der Waals surface area contributed by atoms with Crippen LogP contribution in [0.1, 0.15) is 21.1 Å². The molecule has 0 atom stereocenters. The lowest BCUT2D eigenvalue weighted by Gasteiger charge is -2.11. The first-order valence-corrected chi connectivity index (χ1v) is 9.13. The normalized spacial score (nSPS) is 11.0. The SMILES string of the molecule is CN=C(NCc1ccc(NCCOC)cc1)NCc1nc(C)c(C)s1.I. The number of nitrogens with zero attached hydrogens (tertiary/aromatic N) is 2. The molecule has 0 fully saturated rings. The number of nitrogens with one attached hydrogen (secondary N) is 3. The van der Waals surface area contributed by atoms with E-state index in [1.807, 2.05) is 6.92 Å². The van der Waals surface area contributed by atoms with E-state index in [0.717, 1.165) is 28.9 Å². The van der Waals surface area contributed by atoms with Crippen molar-refractivity contribution >= 4 is 47.0 Å². The molecule has 2 aromatic rings. The standard InChI is InChI=1S/C18H27N5OS.HI/c1-13-14(2)25-17(23-13)12-22-18(19-3)21-11-15-5-7-16(8-6-15)20-9-10-24-4;/h5-8,20H,9-12H2,1-4H3,(H2,19,21,22);1H. The van der Waals surface area contributed by atoms with Gasteiger partial charge in [-0.2, -0.15) is 0 Å². The van der Waals surface area contributed by atoms with E-state index in [9.17, 15) is 0 Å². The number of thiazole rings is 1. The quantitative estimate of drug-likeness (QED) is 0.230. The van der Waals surface area contributed by atoms with Crippen LogP contribution in [0.4, 0.5) is 5.69 Å². The molecule has 0 bridgehead atoms. The van der Waals surface area contributed by atoms with E-state index in [-0.39, 0.29) is 24.0 Å². The number of guanidine groups is 1. The van der Waals surface area contributed by atoms with Crippen LogP contribution in [0, 0.1) is 13.8 Å². The number of ether oxygens (including phenoxy) is 1. The number of methoxy groups -OCH3 is 1. The number of anilines is 1. The zero-order valence-corrected chi connectivity index (χ0v) is 18.9. The Morgan fingerprint density at radius 1 is 1.15 bits per heavy atom. The lowest BCUT2D eigenvalue weighted by molar-refractivity contribution is 0.211. The van der Waals surface area contributed by atoms with Gasteiger partial charge in [0.15, 0.2) is 5.96 Å². The summed E-state index contributed by atoms with van der Waals surface area (Å²) in [6.45, 7) is 7.03. The predicted octanol–water partition coefficient (Wildman–Crippen LogP) is 3.30. The molecule has 0 spiro atoms. The van der Waals surface area contributed by atoms with Crippen molar-refractivity contribution in [2.75, 3.05) is 32.6 Å². The fourth-order valence-electron chi connectivity index (χ4n) is 2.22. The molecular weight excluding hydrogens is 461 g/mol. The van der Waals surface area contributed by atoms with Gasteiger partial charge in [-0.05, 0) is 31.5 Å². The molecule has 144 valence electrons. The molecule has 0 radical (unpaired) electrons. The van der Waals surface area contributed by atoms with Crippen molar-refractivity contribution in [2.24, 2.45) is 4.99 Å². The second kappa shape index (κ2) is 12.1. The van der Waals surface area contributed by atoms with Crippen LogP contribution >= 0.6 is 35.3 Å². The molecule has 1 aromatic heterocycles. The summed E-state index contributed by atoms with van der Waals surface area (Å²) in [4.78, 5) is 10.1. The maximum atomic E-state index is 5.03. The molecule has 26 heavy (non-hydrogen) atoms. The smallest absolute Gasteiger partial charge is 0.191 e. The largest absolute Gasteiger partial charge is 0.383 e. The molecule has 2 rings (SSSR count). The van der Waals surface area contributed by atoms with Gasteiger partial charge in [-0.15, -0.1) is 35.3 Å². The second-order valence-corrected chi connectivity index (χ2v) is 6.93. The maximum Gasteiger partial charge on any atom is 0.191 e. The Morgan fingerprint density at radius 3 is 2.42 bits per heavy atom. The first kappa shape index (κ1) is 22.7. The minimum absolute atomic E-state index is 0. The third-order valence-corrected chi connectivity index (χ3v) is 4.83. The molecule has 3 N–H and O–H groups in total. The molecule has 0 unspecified atom stereocenters. The van der Waals surface area contributed by atoms with Crippen LogP contribution in [-0.4, -0.2) is 38.3 Å². The van der Waals surface area contributed by atoms with Gasteiger partial charge < -0.3 is 20.7 Å². The predicted molar refractivity (Wildman–Crippen MR) is 121 cm³/mol. The van der Waals surface area contributed by atoms with Crippen molar-refractivity contribution in [3.63, 3.8) is 0 Å². The van der Waals surface area contributed by atoms with Gasteiger partial charge in [-0.25, -0.2) is 4.98 Å². The van der Waals surface area contributed by atoms with Crippen LogP contribution in [0.15, 0.2) is 29.3 Å². The Hall–Kier alpha value is -1.39. The van der Waals surface area contributed by atoms with Gasteiger partial charge in [0.2, 0.25) is 0 Å². The lowest BCUT2D eigenvalue weighted by atomic mass is 10.2. The highest BCUT2D eigenvalue weighted by molar-refractivity contribution is 14.0. The maximum absolute atomic E-state index is 5.03. The highest BCUT2D eigenvalue weighted by Crippen LogP contribution is 2.15. The van der Waals surface area contributed by atoms with E-state index in [0.29, 0.717) is 19.7 Å². The van der Waals surface area contributed by atoms with Crippen molar-refractivity contribution in [3.05, 3.63) is 45.4 Å². The number of aliphatic imine (C=N–C) groups is 1. The Balaban J connectivity index is 0.00000338. The monoisotopic (exact) mass is 489 g/mol. The van der Waals surface area contributed by atoms with Gasteiger partial charge in [0.1, 0.15) is 5.01 Å². The van der Waals surface area contributed by atoms with Crippen LogP contribution in [0.3, 0.4) is 0 Å². The fourth-order valence-corrected chi connectivity index (χ4v) is 3.09. The number of aryl methyl sites for hydroxylation is 2. The Morgan fingerprint density at radius 2 is 1.85 bits per heavy atom.